The van der Waals surface area contributed by atoms with Crippen molar-refractivity contribution in [3.8, 4) is 5.75 Å². The van der Waals surface area contributed by atoms with Gasteiger partial charge in [-0.1, -0.05) is 6.92 Å². The zero-order chi connectivity index (χ0) is 26.7. The summed E-state index contributed by atoms with van der Waals surface area (Å²) in [4.78, 5) is 31.5. The summed E-state index contributed by atoms with van der Waals surface area (Å²) in [6.07, 6.45) is 2.49. The topological polar surface area (TPSA) is 136 Å². The van der Waals surface area contributed by atoms with Crippen LogP contribution in [0.5, 0.6) is 5.75 Å². The molecule has 196 valence electrons. The van der Waals surface area contributed by atoms with E-state index in [-0.39, 0.29) is 47.6 Å². The van der Waals surface area contributed by atoms with Crippen molar-refractivity contribution < 1.29 is 31.6 Å². The molecule has 2 N–H and O–H groups in total. The van der Waals surface area contributed by atoms with Gasteiger partial charge in [-0.3, -0.25) is 9.59 Å². The van der Waals surface area contributed by atoms with E-state index >= 15 is 0 Å². The Morgan fingerprint density at radius 3 is 2.73 bits per heavy atom. The molecule has 3 aromatic rings. The average Bonchev–Trinajstić information content (AvgIpc) is 3.49. The van der Waals surface area contributed by atoms with Crippen molar-refractivity contribution in [1.29, 1.82) is 0 Å². The second-order valence-corrected chi connectivity index (χ2v) is 11.4. The molecule has 0 aliphatic carbocycles. The van der Waals surface area contributed by atoms with Gasteiger partial charge in [-0.15, -0.1) is 0 Å². The monoisotopic (exact) mass is 531 g/mol. The minimum absolute atomic E-state index is 0.00597. The van der Waals surface area contributed by atoms with Crippen LogP contribution in [0.3, 0.4) is 0 Å². The van der Waals surface area contributed by atoms with Crippen LogP contribution >= 0.6 is 0 Å². The number of fused-ring (bicyclic) bond motifs is 2. The zero-order valence-corrected chi connectivity index (χ0v) is 21.5. The van der Waals surface area contributed by atoms with Gasteiger partial charge in [0.15, 0.2) is 23.5 Å². The number of nitrogens with one attached hydrogen (secondary N) is 2. The first-order valence-corrected chi connectivity index (χ1v) is 13.0. The first-order valence-electron chi connectivity index (χ1n) is 11.5. The lowest BCUT2D eigenvalue weighted by atomic mass is 9.87. The van der Waals surface area contributed by atoms with Crippen molar-refractivity contribution in [2.45, 2.75) is 31.7 Å². The highest BCUT2D eigenvalue weighted by molar-refractivity contribution is 7.89. The molecular weight excluding hydrogens is 505 g/mol. The largest absolute Gasteiger partial charge is 0.489 e. The number of benzene rings is 1. The number of ether oxygens (including phenoxy) is 1. The van der Waals surface area contributed by atoms with Crippen molar-refractivity contribution in [2.24, 2.45) is 12.5 Å². The third-order valence-electron chi connectivity index (χ3n) is 6.90. The molecule has 2 aliphatic rings. The van der Waals surface area contributed by atoms with E-state index < -0.39 is 33.2 Å². The van der Waals surface area contributed by atoms with Gasteiger partial charge in [0.1, 0.15) is 16.5 Å². The second kappa shape index (κ2) is 8.70. The number of carbonyl (C=O) groups excluding carboxylic acids is 2. The van der Waals surface area contributed by atoms with E-state index in [0.29, 0.717) is 17.0 Å². The summed E-state index contributed by atoms with van der Waals surface area (Å²) in [6.45, 7) is 5.37. The van der Waals surface area contributed by atoms with Crippen LogP contribution in [-0.2, 0) is 17.1 Å². The molecule has 1 aromatic carbocycles. The Hall–Kier alpha value is -3.71. The van der Waals surface area contributed by atoms with Crippen LogP contribution in [0.15, 0.2) is 40.1 Å². The number of sulfonamides is 1. The predicted octanol–water partition coefficient (Wildman–Crippen LogP) is 2.22. The van der Waals surface area contributed by atoms with Crippen molar-refractivity contribution >= 4 is 27.5 Å². The first kappa shape index (κ1) is 25.0. The van der Waals surface area contributed by atoms with Crippen LogP contribution in [0.1, 0.15) is 39.2 Å². The Bertz CT molecular complexity index is 1530. The highest BCUT2D eigenvalue weighted by atomic mass is 32.2. The molecule has 2 aliphatic heterocycles. The molecule has 4 heterocycles. The number of likely N-dealkylation sites (tertiary alicyclic amines) is 1. The number of hydrogen-bond acceptors (Lipinski definition) is 7. The Balaban J connectivity index is 1.45. The Labute approximate surface area is 212 Å². The third kappa shape index (κ3) is 4.27. The first-order chi connectivity index (χ1) is 17.4. The van der Waals surface area contributed by atoms with Gasteiger partial charge >= 0.3 is 0 Å². The number of halogens is 1. The lowest BCUT2D eigenvalue weighted by molar-refractivity contribution is 0.0751. The number of rotatable bonds is 3. The van der Waals surface area contributed by atoms with Crippen molar-refractivity contribution in [3.05, 3.63) is 59.3 Å². The molecule has 13 heteroatoms. The van der Waals surface area contributed by atoms with Crippen molar-refractivity contribution in [3.63, 3.8) is 0 Å². The predicted molar refractivity (Wildman–Crippen MR) is 129 cm³/mol. The quantitative estimate of drug-likeness (QED) is 0.529. The van der Waals surface area contributed by atoms with E-state index in [1.54, 1.807) is 13.8 Å². The van der Waals surface area contributed by atoms with Crippen LogP contribution in [0.25, 0.3) is 0 Å². The molecule has 5 rings (SSSR count). The standard InChI is InChI=1S/C24H26FN5O6S/c1-13-7-15(5-6-16(13)25)27-22(31)20-21-17(8-29(20)4)37(33,34)28-18-9-30(10-24(18,3)11-35-21)23(32)19-14(2)36-12-26-19/h5-8,12,18,28H,9-11H2,1-4H3,(H,27,31). The molecule has 0 saturated carbocycles. The molecular formula is C24H26FN5O6S. The summed E-state index contributed by atoms with van der Waals surface area (Å²) in [6, 6.07) is 3.49. The average molecular weight is 532 g/mol. The summed E-state index contributed by atoms with van der Waals surface area (Å²) in [5, 5.41) is 2.68. The number of amides is 2. The molecule has 1 fully saturated rings. The normalized spacial score (nSPS) is 22.4. The molecule has 1 saturated heterocycles. The van der Waals surface area contributed by atoms with Crippen LogP contribution in [-0.4, -0.2) is 60.4 Å². The van der Waals surface area contributed by atoms with Gasteiger partial charge in [0, 0.05) is 43.5 Å². The Kier molecular flexibility index (Phi) is 5.87. The molecule has 2 amide bonds. The van der Waals surface area contributed by atoms with Gasteiger partial charge in [-0.25, -0.2) is 22.5 Å². The van der Waals surface area contributed by atoms with E-state index in [1.165, 1.54) is 47.3 Å². The number of aromatic nitrogens is 2. The summed E-state index contributed by atoms with van der Waals surface area (Å²) >= 11 is 0. The highest BCUT2D eigenvalue weighted by Gasteiger charge is 2.50. The lowest BCUT2D eigenvalue weighted by Crippen LogP contribution is -2.49. The van der Waals surface area contributed by atoms with Gasteiger partial charge in [0.05, 0.1) is 6.61 Å². The molecule has 11 nitrogen and oxygen atoms in total. The molecule has 2 unspecified atom stereocenters. The van der Waals surface area contributed by atoms with Crippen LogP contribution in [0, 0.1) is 25.1 Å². The number of anilines is 1. The van der Waals surface area contributed by atoms with Crippen molar-refractivity contribution in [2.75, 3.05) is 25.0 Å². The Morgan fingerprint density at radius 2 is 2.05 bits per heavy atom. The van der Waals surface area contributed by atoms with E-state index in [9.17, 15) is 22.4 Å². The number of oxazole rings is 1. The number of nitrogens with zero attached hydrogens (tertiary/aromatic N) is 3. The molecule has 2 aromatic heterocycles. The zero-order valence-electron chi connectivity index (χ0n) is 20.7. The fourth-order valence-corrected chi connectivity index (χ4v) is 6.32. The highest BCUT2D eigenvalue weighted by Crippen LogP contribution is 2.39. The summed E-state index contributed by atoms with van der Waals surface area (Å²) in [5.74, 6) is -1.11. The van der Waals surface area contributed by atoms with Gasteiger partial charge in [0.2, 0.25) is 10.0 Å². The smallest absolute Gasteiger partial charge is 0.276 e. The van der Waals surface area contributed by atoms with E-state index in [4.69, 9.17) is 9.15 Å². The van der Waals surface area contributed by atoms with Crippen LogP contribution in [0.2, 0.25) is 0 Å². The molecule has 2 atom stereocenters. The number of aryl methyl sites for hydroxylation is 3. The molecule has 37 heavy (non-hydrogen) atoms. The van der Waals surface area contributed by atoms with Crippen molar-refractivity contribution in [1.82, 2.24) is 19.2 Å². The summed E-state index contributed by atoms with van der Waals surface area (Å²) in [7, 11) is -2.58. The maximum absolute atomic E-state index is 13.6. The number of carbonyl (C=O) groups is 2. The Morgan fingerprint density at radius 1 is 1.30 bits per heavy atom. The third-order valence-corrected chi connectivity index (χ3v) is 8.36. The maximum Gasteiger partial charge on any atom is 0.276 e. The van der Waals surface area contributed by atoms with Crippen LogP contribution < -0.4 is 14.8 Å². The SMILES string of the molecule is Cc1cc(NC(=O)c2c3c(cn2C)S(=O)(=O)NC2CN(C(=O)c4ncoc4C)CC2(C)CO3)ccc1F. The lowest BCUT2D eigenvalue weighted by Gasteiger charge is -2.32. The molecule has 0 spiro atoms. The van der Waals surface area contributed by atoms with Gasteiger partial charge in [0.25, 0.3) is 11.8 Å². The van der Waals surface area contributed by atoms with Gasteiger partial charge in [-0.05, 0) is 37.6 Å². The number of hydrogen-bond donors (Lipinski definition) is 2. The maximum atomic E-state index is 13.6. The van der Waals surface area contributed by atoms with E-state index in [0.717, 1.165) is 0 Å². The fraction of sp³-hybridized carbons (Fsp3) is 0.375. The van der Waals surface area contributed by atoms with Gasteiger partial charge < -0.3 is 23.9 Å². The molecule has 0 radical (unpaired) electrons. The second-order valence-electron chi connectivity index (χ2n) is 9.76. The minimum Gasteiger partial charge on any atom is -0.489 e. The van der Waals surface area contributed by atoms with E-state index in [2.05, 4.69) is 15.0 Å². The van der Waals surface area contributed by atoms with Crippen LogP contribution in [0.4, 0.5) is 10.1 Å². The van der Waals surface area contributed by atoms with E-state index in [1.807, 2.05) is 6.92 Å². The molecule has 0 bridgehead atoms. The van der Waals surface area contributed by atoms with Gasteiger partial charge in [-0.2, -0.15) is 0 Å². The summed E-state index contributed by atoms with van der Waals surface area (Å²) < 4.78 is 55.7. The summed E-state index contributed by atoms with van der Waals surface area (Å²) in [5.41, 5.74) is 0.0680. The fourth-order valence-electron chi connectivity index (χ4n) is 4.76. The minimum atomic E-state index is -4.12.